The van der Waals surface area contributed by atoms with Gasteiger partial charge in [0.15, 0.2) is 11.5 Å². The van der Waals surface area contributed by atoms with E-state index in [9.17, 15) is 14.3 Å². The van der Waals surface area contributed by atoms with Gasteiger partial charge in [0.25, 0.3) is 0 Å². The van der Waals surface area contributed by atoms with Crippen LogP contribution >= 0.6 is 11.6 Å². The van der Waals surface area contributed by atoms with Gasteiger partial charge in [-0.25, -0.2) is 14.4 Å². The van der Waals surface area contributed by atoms with Crippen molar-refractivity contribution in [3.8, 4) is 23.0 Å². The normalized spacial score (nSPS) is 14.8. The number of fused-ring (bicyclic) bond motifs is 1. The Morgan fingerprint density at radius 2 is 1.90 bits per heavy atom. The van der Waals surface area contributed by atoms with Gasteiger partial charge in [-0.3, -0.25) is 4.79 Å². The number of halogens is 2. The third-order valence-corrected chi connectivity index (χ3v) is 6.58. The van der Waals surface area contributed by atoms with Gasteiger partial charge in [0, 0.05) is 29.6 Å². The standard InChI is InChI=1S/C29H26ClFN4O6/c1-38-25-9-16(10-26(39-2)28(25)37)3-6-27(36)35-23-12-19-22(13-24(23)41-18-7-8-40-14-18)32-15-33-29(19)34-17-4-5-21(31)20(30)11-17/h3-6,9-13,15,18,37H,7-8,14H2,1-2H3,(H,35,36)(H,32,33,34)/b6-3+/t18-/m0/s1. The summed E-state index contributed by atoms with van der Waals surface area (Å²) in [5.74, 6) is 0.121. The molecule has 5 rings (SSSR count). The maximum Gasteiger partial charge on any atom is 0.248 e. The largest absolute Gasteiger partial charge is 0.502 e. The zero-order valence-corrected chi connectivity index (χ0v) is 22.9. The Labute approximate surface area is 239 Å². The molecule has 3 aromatic carbocycles. The smallest absolute Gasteiger partial charge is 0.248 e. The monoisotopic (exact) mass is 580 g/mol. The zero-order chi connectivity index (χ0) is 28.9. The molecule has 2 heterocycles. The lowest BCUT2D eigenvalue weighted by Crippen LogP contribution is -2.18. The summed E-state index contributed by atoms with van der Waals surface area (Å²) in [5.41, 5.74) is 2.03. The molecule has 0 saturated carbocycles. The predicted octanol–water partition coefficient (Wildman–Crippen LogP) is 5.71. The van der Waals surface area contributed by atoms with E-state index < -0.39 is 11.7 Å². The third-order valence-electron chi connectivity index (χ3n) is 6.29. The van der Waals surface area contributed by atoms with Crippen LogP contribution in [0.2, 0.25) is 5.02 Å². The van der Waals surface area contributed by atoms with E-state index in [1.165, 1.54) is 44.8 Å². The fourth-order valence-corrected chi connectivity index (χ4v) is 4.41. The fraction of sp³-hybridized carbons (Fsp3) is 0.207. The molecule has 4 aromatic rings. The second-order valence-electron chi connectivity index (χ2n) is 9.04. The van der Waals surface area contributed by atoms with E-state index >= 15 is 0 Å². The summed E-state index contributed by atoms with van der Waals surface area (Å²) in [7, 11) is 2.84. The van der Waals surface area contributed by atoms with Crippen molar-refractivity contribution in [3.63, 3.8) is 0 Å². The van der Waals surface area contributed by atoms with Crippen molar-refractivity contribution in [1.82, 2.24) is 9.97 Å². The van der Waals surface area contributed by atoms with E-state index in [1.807, 2.05) is 0 Å². The Balaban J connectivity index is 1.47. The fourth-order valence-electron chi connectivity index (χ4n) is 4.23. The number of aromatic hydroxyl groups is 1. The molecule has 41 heavy (non-hydrogen) atoms. The van der Waals surface area contributed by atoms with Gasteiger partial charge in [0.05, 0.1) is 43.7 Å². The van der Waals surface area contributed by atoms with Crippen LogP contribution in [0.5, 0.6) is 23.0 Å². The second kappa shape index (κ2) is 12.3. The maximum atomic E-state index is 13.7. The van der Waals surface area contributed by atoms with Crippen LogP contribution in [0.15, 0.2) is 54.9 Å². The van der Waals surface area contributed by atoms with Crippen LogP contribution in [-0.2, 0) is 9.53 Å². The molecule has 10 nitrogen and oxygen atoms in total. The van der Waals surface area contributed by atoms with Crippen LogP contribution in [0.25, 0.3) is 17.0 Å². The topological polar surface area (TPSA) is 124 Å². The number of phenols is 1. The number of aromatic nitrogens is 2. The highest BCUT2D eigenvalue weighted by Crippen LogP contribution is 2.38. The van der Waals surface area contributed by atoms with Crippen molar-refractivity contribution in [2.75, 3.05) is 38.1 Å². The molecule has 1 aliphatic heterocycles. The minimum Gasteiger partial charge on any atom is -0.502 e. The number of anilines is 3. The molecule has 0 unspecified atom stereocenters. The summed E-state index contributed by atoms with van der Waals surface area (Å²) >= 11 is 5.94. The van der Waals surface area contributed by atoms with E-state index in [1.54, 1.807) is 30.3 Å². The molecule has 3 N–H and O–H groups in total. The number of rotatable bonds is 9. The number of carbonyl (C=O) groups excluding carboxylic acids is 1. The van der Waals surface area contributed by atoms with Gasteiger partial charge in [0.1, 0.15) is 29.8 Å². The Morgan fingerprint density at radius 1 is 1.12 bits per heavy atom. The van der Waals surface area contributed by atoms with Crippen LogP contribution in [0.4, 0.5) is 21.6 Å². The zero-order valence-electron chi connectivity index (χ0n) is 22.1. The van der Waals surface area contributed by atoms with Gasteiger partial charge in [0.2, 0.25) is 11.7 Å². The lowest BCUT2D eigenvalue weighted by Gasteiger charge is -2.17. The lowest BCUT2D eigenvalue weighted by atomic mass is 10.1. The minimum atomic E-state index is -0.537. The molecule has 0 aliphatic carbocycles. The van der Waals surface area contributed by atoms with Gasteiger partial charge in [-0.15, -0.1) is 0 Å². The molecule has 212 valence electrons. The van der Waals surface area contributed by atoms with Crippen molar-refractivity contribution < 1.29 is 33.2 Å². The Hall–Kier alpha value is -4.61. The third kappa shape index (κ3) is 6.42. The number of phenolic OH excluding ortho intramolecular Hbond substituents is 1. The van der Waals surface area contributed by atoms with Crippen LogP contribution in [0.1, 0.15) is 12.0 Å². The van der Waals surface area contributed by atoms with Crippen LogP contribution in [0, 0.1) is 5.82 Å². The number of nitrogens with one attached hydrogen (secondary N) is 2. The first kappa shape index (κ1) is 27.9. The molecule has 1 atom stereocenters. The van der Waals surface area contributed by atoms with Crippen molar-refractivity contribution >= 4 is 51.7 Å². The summed E-state index contributed by atoms with van der Waals surface area (Å²) in [4.78, 5) is 21.7. The molecule has 1 amide bonds. The van der Waals surface area contributed by atoms with Crippen molar-refractivity contribution in [2.45, 2.75) is 12.5 Å². The Bertz CT molecular complexity index is 1600. The van der Waals surface area contributed by atoms with E-state index in [0.717, 1.165) is 0 Å². The number of nitrogens with zero attached hydrogens (tertiary/aromatic N) is 2. The molecule has 1 aliphatic rings. The average Bonchev–Trinajstić information content (AvgIpc) is 3.48. The average molecular weight is 581 g/mol. The number of benzene rings is 3. The molecule has 1 fully saturated rings. The first-order chi connectivity index (χ1) is 19.8. The van der Waals surface area contributed by atoms with Crippen molar-refractivity contribution in [2.24, 2.45) is 0 Å². The number of ether oxygens (including phenoxy) is 4. The predicted molar refractivity (Wildman–Crippen MR) is 153 cm³/mol. The molecular weight excluding hydrogens is 555 g/mol. The van der Waals surface area contributed by atoms with Gasteiger partial charge >= 0.3 is 0 Å². The highest BCUT2D eigenvalue weighted by Gasteiger charge is 2.21. The first-order valence-electron chi connectivity index (χ1n) is 12.5. The first-order valence-corrected chi connectivity index (χ1v) is 12.9. The maximum absolute atomic E-state index is 13.7. The van der Waals surface area contributed by atoms with E-state index in [2.05, 4.69) is 20.6 Å². The minimum absolute atomic E-state index is 0.0357. The SMILES string of the molecule is COc1cc(/C=C/C(=O)Nc2cc3c(Nc4ccc(F)c(Cl)c4)ncnc3cc2O[C@H]2CCOC2)cc(OC)c1O. The summed E-state index contributed by atoms with van der Waals surface area (Å²) in [6, 6.07) is 10.8. The molecule has 0 radical (unpaired) electrons. The highest BCUT2D eigenvalue weighted by atomic mass is 35.5. The molecule has 12 heteroatoms. The quantitative estimate of drug-likeness (QED) is 0.214. The number of carbonyl (C=O) groups is 1. The Kier molecular flexibility index (Phi) is 8.37. The molecule has 0 spiro atoms. The van der Waals surface area contributed by atoms with Crippen LogP contribution in [-0.4, -0.2) is 54.5 Å². The summed E-state index contributed by atoms with van der Waals surface area (Å²) in [6.07, 6.45) is 4.80. The molecule has 1 aromatic heterocycles. The molecule has 1 saturated heterocycles. The van der Waals surface area contributed by atoms with Gasteiger partial charge in [-0.05, 0) is 48.0 Å². The summed E-state index contributed by atoms with van der Waals surface area (Å²) in [6.45, 7) is 1.01. The van der Waals surface area contributed by atoms with Crippen LogP contribution < -0.4 is 24.8 Å². The molecular formula is C29H26ClFN4O6. The number of amides is 1. The summed E-state index contributed by atoms with van der Waals surface area (Å²) < 4.78 is 35.6. The summed E-state index contributed by atoms with van der Waals surface area (Å²) in [5, 5.41) is 16.7. The number of hydrogen-bond acceptors (Lipinski definition) is 9. The van der Waals surface area contributed by atoms with Gasteiger partial charge in [-0.2, -0.15) is 0 Å². The van der Waals surface area contributed by atoms with Crippen LogP contribution in [0.3, 0.4) is 0 Å². The lowest BCUT2D eigenvalue weighted by molar-refractivity contribution is -0.111. The van der Waals surface area contributed by atoms with Crippen molar-refractivity contribution in [1.29, 1.82) is 0 Å². The highest BCUT2D eigenvalue weighted by molar-refractivity contribution is 6.31. The second-order valence-corrected chi connectivity index (χ2v) is 9.45. The number of hydrogen-bond donors (Lipinski definition) is 3. The Morgan fingerprint density at radius 3 is 2.59 bits per heavy atom. The van der Waals surface area contributed by atoms with Gasteiger partial charge < -0.3 is 34.7 Å². The van der Waals surface area contributed by atoms with E-state index in [-0.39, 0.29) is 28.4 Å². The van der Waals surface area contributed by atoms with Gasteiger partial charge in [-0.1, -0.05) is 11.6 Å². The molecule has 0 bridgehead atoms. The van der Waals surface area contributed by atoms with E-state index in [0.29, 0.717) is 59.0 Å². The number of methoxy groups -OCH3 is 2. The van der Waals surface area contributed by atoms with Crippen molar-refractivity contribution in [3.05, 3.63) is 71.3 Å². The van der Waals surface area contributed by atoms with E-state index in [4.69, 9.17) is 30.5 Å².